The summed E-state index contributed by atoms with van der Waals surface area (Å²) in [6.07, 6.45) is 2.34. The number of morpholine rings is 1. The number of nitrogens with zero attached hydrogens (tertiary/aromatic N) is 2. The fraction of sp³-hybridized carbons (Fsp3) is 0.750. The van der Waals surface area contributed by atoms with Gasteiger partial charge in [-0.25, -0.2) is 4.98 Å². The second kappa shape index (κ2) is 9.10. The maximum absolute atomic E-state index is 12.3. The third kappa shape index (κ3) is 5.39. The summed E-state index contributed by atoms with van der Waals surface area (Å²) in [7, 11) is 0. The predicted octanol–water partition coefficient (Wildman–Crippen LogP) is 2.11. The average Bonchev–Trinajstić information content (AvgIpc) is 2.94. The number of ether oxygens (including phenoxy) is 1. The van der Waals surface area contributed by atoms with E-state index in [1.807, 2.05) is 5.38 Å². The van der Waals surface area contributed by atoms with Gasteiger partial charge in [0.15, 0.2) is 5.13 Å². The molecule has 2 N–H and O–H groups in total. The smallest absolute Gasteiger partial charge is 0.229 e. The first-order valence-electron chi connectivity index (χ1n) is 8.44. The zero-order chi connectivity index (χ0) is 16.2. The molecule has 3 rings (SSSR count). The molecule has 2 aliphatic heterocycles. The van der Waals surface area contributed by atoms with Gasteiger partial charge in [0.2, 0.25) is 5.91 Å². The number of carbonyl (C=O) groups excluding carboxylic acids is 1. The summed E-state index contributed by atoms with van der Waals surface area (Å²) in [5.74, 6) is 0.227. The van der Waals surface area contributed by atoms with Crippen LogP contribution in [0, 0.1) is 5.92 Å². The van der Waals surface area contributed by atoms with E-state index in [1.165, 1.54) is 11.3 Å². The van der Waals surface area contributed by atoms with Crippen molar-refractivity contribution in [2.75, 3.05) is 31.5 Å². The molecule has 2 unspecified atom stereocenters. The Balaban J connectivity index is 0.00000208. The van der Waals surface area contributed by atoms with Crippen LogP contribution in [0.3, 0.4) is 0 Å². The first-order valence-corrected chi connectivity index (χ1v) is 9.32. The molecule has 136 valence electrons. The van der Waals surface area contributed by atoms with E-state index < -0.39 is 0 Å². The Morgan fingerprint density at radius 3 is 2.71 bits per heavy atom. The van der Waals surface area contributed by atoms with E-state index in [9.17, 15) is 4.79 Å². The normalized spacial score (nSPS) is 25.9. The van der Waals surface area contributed by atoms with Gasteiger partial charge in [-0.2, -0.15) is 0 Å². The standard InChI is InChI=1S/C16H26N4O2S.ClH/c1-11-7-20(8-12(2)22-11)9-14-10-23-16(18-14)19-15(21)13-3-5-17-6-4-13;/h10-13,17H,3-9H2,1-2H3,(H,18,19,21);1H. The van der Waals surface area contributed by atoms with Gasteiger partial charge >= 0.3 is 0 Å². The predicted molar refractivity (Wildman–Crippen MR) is 98.9 cm³/mol. The van der Waals surface area contributed by atoms with Gasteiger partial charge < -0.3 is 15.4 Å². The quantitative estimate of drug-likeness (QED) is 0.845. The number of nitrogens with one attached hydrogen (secondary N) is 2. The van der Waals surface area contributed by atoms with Gasteiger partial charge in [-0.3, -0.25) is 9.69 Å². The number of piperidine rings is 1. The molecule has 3 heterocycles. The monoisotopic (exact) mass is 374 g/mol. The highest BCUT2D eigenvalue weighted by atomic mass is 35.5. The fourth-order valence-corrected chi connectivity index (χ4v) is 4.08. The lowest BCUT2D eigenvalue weighted by atomic mass is 9.97. The Labute approximate surface area is 153 Å². The van der Waals surface area contributed by atoms with Crippen LogP contribution in [0.1, 0.15) is 32.4 Å². The van der Waals surface area contributed by atoms with Gasteiger partial charge in [0.1, 0.15) is 0 Å². The molecular formula is C16H27ClN4O2S. The van der Waals surface area contributed by atoms with Crippen molar-refractivity contribution in [1.82, 2.24) is 15.2 Å². The highest BCUT2D eigenvalue weighted by molar-refractivity contribution is 7.13. The Kier molecular flexibility index (Phi) is 7.43. The van der Waals surface area contributed by atoms with Crippen LogP contribution in [-0.2, 0) is 16.1 Å². The van der Waals surface area contributed by atoms with Crippen molar-refractivity contribution in [1.29, 1.82) is 0 Å². The van der Waals surface area contributed by atoms with Crippen molar-refractivity contribution in [3.8, 4) is 0 Å². The van der Waals surface area contributed by atoms with Gasteiger partial charge in [-0.1, -0.05) is 0 Å². The van der Waals surface area contributed by atoms with Gasteiger partial charge in [-0.15, -0.1) is 23.7 Å². The first-order chi connectivity index (χ1) is 11.1. The summed E-state index contributed by atoms with van der Waals surface area (Å²) >= 11 is 1.52. The summed E-state index contributed by atoms with van der Waals surface area (Å²) in [5.41, 5.74) is 1.02. The van der Waals surface area contributed by atoms with Gasteiger partial charge in [0.25, 0.3) is 0 Å². The number of hydrogen-bond donors (Lipinski definition) is 2. The highest BCUT2D eigenvalue weighted by Crippen LogP contribution is 2.21. The molecule has 0 spiro atoms. The maximum Gasteiger partial charge on any atom is 0.229 e. The minimum atomic E-state index is 0. The molecule has 6 nitrogen and oxygen atoms in total. The Morgan fingerprint density at radius 2 is 2.04 bits per heavy atom. The Morgan fingerprint density at radius 1 is 1.38 bits per heavy atom. The van der Waals surface area contributed by atoms with Crippen LogP contribution < -0.4 is 10.6 Å². The second-order valence-corrected chi connectivity index (χ2v) is 7.47. The van der Waals surface area contributed by atoms with Gasteiger partial charge in [0, 0.05) is 30.9 Å². The lowest BCUT2D eigenvalue weighted by Crippen LogP contribution is -2.44. The van der Waals surface area contributed by atoms with E-state index in [-0.39, 0.29) is 36.4 Å². The molecule has 2 saturated heterocycles. The second-order valence-electron chi connectivity index (χ2n) is 6.61. The zero-order valence-corrected chi connectivity index (χ0v) is 15.9. The molecule has 2 atom stereocenters. The summed E-state index contributed by atoms with van der Waals surface area (Å²) < 4.78 is 5.76. The molecule has 0 saturated carbocycles. The van der Waals surface area contributed by atoms with Crippen LogP contribution in [0.25, 0.3) is 0 Å². The fourth-order valence-electron chi connectivity index (χ4n) is 3.37. The molecule has 0 radical (unpaired) electrons. The molecule has 1 aromatic heterocycles. The Bertz CT molecular complexity index is 526. The number of rotatable bonds is 4. The van der Waals surface area contributed by atoms with Crippen molar-refractivity contribution in [2.24, 2.45) is 5.92 Å². The summed E-state index contributed by atoms with van der Waals surface area (Å²) in [6, 6.07) is 0. The molecule has 1 amide bonds. The molecule has 2 fully saturated rings. The van der Waals surface area contributed by atoms with Crippen LogP contribution >= 0.6 is 23.7 Å². The van der Waals surface area contributed by atoms with Crippen molar-refractivity contribution < 1.29 is 9.53 Å². The molecule has 1 aromatic rings. The third-order valence-corrected chi connectivity index (χ3v) is 5.18. The lowest BCUT2D eigenvalue weighted by molar-refractivity contribution is -0.120. The molecule has 24 heavy (non-hydrogen) atoms. The zero-order valence-electron chi connectivity index (χ0n) is 14.3. The van der Waals surface area contributed by atoms with E-state index in [2.05, 4.69) is 34.4 Å². The third-order valence-electron chi connectivity index (χ3n) is 4.37. The number of hydrogen-bond acceptors (Lipinski definition) is 6. The van der Waals surface area contributed by atoms with Gasteiger partial charge in [0.05, 0.1) is 17.9 Å². The van der Waals surface area contributed by atoms with E-state index in [4.69, 9.17) is 4.74 Å². The van der Waals surface area contributed by atoms with Crippen LogP contribution in [-0.4, -0.2) is 54.2 Å². The van der Waals surface area contributed by atoms with E-state index in [1.54, 1.807) is 0 Å². The summed E-state index contributed by atoms with van der Waals surface area (Å²) in [5, 5.41) is 9.03. The van der Waals surface area contributed by atoms with E-state index >= 15 is 0 Å². The number of anilines is 1. The lowest BCUT2D eigenvalue weighted by Gasteiger charge is -2.34. The van der Waals surface area contributed by atoms with E-state index in [0.717, 1.165) is 56.4 Å². The average molecular weight is 375 g/mol. The summed E-state index contributed by atoms with van der Waals surface area (Å²) in [6.45, 7) is 8.74. The van der Waals surface area contributed by atoms with Crippen molar-refractivity contribution in [2.45, 2.75) is 45.4 Å². The molecule has 0 bridgehead atoms. The molecule has 8 heteroatoms. The largest absolute Gasteiger partial charge is 0.373 e. The molecule has 2 aliphatic rings. The number of carbonyl (C=O) groups is 1. The summed E-state index contributed by atoms with van der Waals surface area (Å²) in [4.78, 5) is 19.2. The minimum Gasteiger partial charge on any atom is -0.373 e. The highest BCUT2D eigenvalue weighted by Gasteiger charge is 2.24. The number of thiazole rings is 1. The maximum atomic E-state index is 12.3. The van der Waals surface area contributed by atoms with Crippen LogP contribution in [0.15, 0.2) is 5.38 Å². The SMILES string of the molecule is CC1CN(Cc2csc(NC(=O)C3CCNCC3)n2)CC(C)O1.Cl. The number of halogens is 1. The van der Waals surface area contributed by atoms with E-state index in [0.29, 0.717) is 0 Å². The minimum absolute atomic E-state index is 0. The van der Waals surface area contributed by atoms with Crippen LogP contribution in [0.2, 0.25) is 0 Å². The Hall–Kier alpha value is -0.730. The van der Waals surface area contributed by atoms with Crippen molar-refractivity contribution >= 4 is 34.8 Å². The molecular weight excluding hydrogens is 348 g/mol. The van der Waals surface area contributed by atoms with Crippen LogP contribution in [0.5, 0.6) is 0 Å². The molecule has 0 aliphatic carbocycles. The van der Waals surface area contributed by atoms with Gasteiger partial charge in [-0.05, 0) is 39.8 Å². The number of aromatic nitrogens is 1. The first kappa shape index (κ1) is 19.6. The van der Waals surface area contributed by atoms with Crippen molar-refractivity contribution in [3.63, 3.8) is 0 Å². The van der Waals surface area contributed by atoms with Crippen LogP contribution in [0.4, 0.5) is 5.13 Å². The topological polar surface area (TPSA) is 66.5 Å². The van der Waals surface area contributed by atoms with Crippen molar-refractivity contribution in [3.05, 3.63) is 11.1 Å². The number of amides is 1. The molecule has 0 aromatic carbocycles.